The number of hydrogen-bond donors (Lipinski definition) is 1. The molecule has 1 aromatic carbocycles. The van der Waals surface area contributed by atoms with Gasteiger partial charge in [0.2, 0.25) is 5.91 Å². The molecule has 6 heteroatoms. The molecule has 1 aliphatic heterocycles. The summed E-state index contributed by atoms with van der Waals surface area (Å²) in [5, 5.41) is 3.89. The molecular weight excluding hydrogens is 345 g/mol. The maximum absolute atomic E-state index is 12.1. The van der Waals surface area contributed by atoms with E-state index < -0.39 is 0 Å². The Labute approximate surface area is 151 Å². The predicted octanol–water partition coefficient (Wildman–Crippen LogP) is 3.85. The van der Waals surface area contributed by atoms with Crippen LogP contribution in [0, 0.1) is 0 Å². The van der Waals surface area contributed by atoms with Crippen LogP contribution in [0.5, 0.6) is 0 Å². The second-order valence-corrected chi connectivity index (χ2v) is 6.73. The van der Waals surface area contributed by atoms with Gasteiger partial charge >= 0.3 is 0 Å². The number of carbonyl (C=O) groups excluding carboxylic acids is 1. The highest BCUT2D eigenvalue weighted by Crippen LogP contribution is 2.23. The summed E-state index contributed by atoms with van der Waals surface area (Å²) in [7, 11) is 0. The first-order chi connectivity index (χ1) is 11.6. The van der Waals surface area contributed by atoms with E-state index in [0.717, 1.165) is 30.0 Å². The highest BCUT2D eigenvalue weighted by Gasteiger charge is 2.13. The van der Waals surface area contributed by atoms with Crippen LogP contribution in [-0.4, -0.2) is 24.0 Å². The summed E-state index contributed by atoms with van der Waals surface area (Å²) in [5.74, 6) is 0.941. The van der Waals surface area contributed by atoms with Gasteiger partial charge in [0.15, 0.2) is 0 Å². The molecule has 4 nitrogen and oxygen atoms in total. The highest BCUT2D eigenvalue weighted by atomic mass is 35.5. The third-order valence-electron chi connectivity index (χ3n) is 4.08. The zero-order chi connectivity index (χ0) is 16.9. The van der Waals surface area contributed by atoms with Crippen LogP contribution in [0.3, 0.4) is 0 Å². The van der Waals surface area contributed by atoms with Gasteiger partial charge in [0.1, 0.15) is 5.82 Å². The Morgan fingerprint density at radius 1 is 1.08 bits per heavy atom. The molecule has 0 unspecified atom stereocenters. The molecule has 2 heterocycles. The lowest BCUT2D eigenvalue weighted by Crippen LogP contribution is -2.25. The maximum Gasteiger partial charge on any atom is 0.224 e. The first-order valence-electron chi connectivity index (χ1n) is 8.02. The van der Waals surface area contributed by atoms with Gasteiger partial charge in [-0.1, -0.05) is 29.3 Å². The third-order valence-corrected chi connectivity index (χ3v) is 4.82. The molecule has 1 saturated heterocycles. The van der Waals surface area contributed by atoms with E-state index in [9.17, 15) is 4.79 Å². The molecule has 0 atom stereocenters. The molecule has 0 aliphatic carbocycles. The molecule has 1 fully saturated rings. The summed E-state index contributed by atoms with van der Waals surface area (Å²) in [6, 6.07) is 9.22. The van der Waals surface area contributed by atoms with Crippen molar-refractivity contribution in [2.24, 2.45) is 0 Å². The number of benzene rings is 1. The Balaban J connectivity index is 1.55. The lowest BCUT2D eigenvalue weighted by molar-refractivity contribution is -0.120. The van der Waals surface area contributed by atoms with Crippen LogP contribution in [0.15, 0.2) is 36.5 Å². The van der Waals surface area contributed by atoms with E-state index in [1.807, 2.05) is 18.2 Å². The quantitative estimate of drug-likeness (QED) is 0.877. The van der Waals surface area contributed by atoms with Gasteiger partial charge in [-0.2, -0.15) is 0 Å². The van der Waals surface area contributed by atoms with Crippen molar-refractivity contribution < 1.29 is 4.79 Å². The molecule has 0 saturated carbocycles. The summed E-state index contributed by atoms with van der Waals surface area (Å²) >= 11 is 11.9. The van der Waals surface area contributed by atoms with Crippen molar-refractivity contribution in [2.45, 2.75) is 25.8 Å². The third kappa shape index (κ3) is 4.40. The first kappa shape index (κ1) is 17.1. The van der Waals surface area contributed by atoms with E-state index in [2.05, 4.69) is 15.2 Å². The van der Waals surface area contributed by atoms with Gasteiger partial charge in [-0.05, 0) is 48.2 Å². The zero-order valence-corrected chi connectivity index (χ0v) is 14.8. The minimum absolute atomic E-state index is 0.0482. The van der Waals surface area contributed by atoms with E-state index in [4.69, 9.17) is 23.2 Å². The predicted molar refractivity (Wildman–Crippen MR) is 97.7 cm³/mol. The van der Waals surface area contributed by atoms with E-state index in [0.29, 0.717) is 16.6 Å². The Bertz CT molecular complexity index is 730. The summed E-state index contributed by atoms with van der Waals surface area (Å²) in [6.45, 7) is 2.60. The van der Waals surface area contributed by atoms with Crippen LogP contribution in [0.1, 0.15) is 24.0 Å². The van der Waals surface area contributed by atoms with Crippen LogP contribution >= 0.6 is 23.2 Å². The van der Waals surface area contributed by atoms with Crippen LogP contribution in [-0.2, 0) is 17.8 Å². The van der Waals surface area contributed by atoms with Crippen LogP contribution in [0.4, 0.5) is 5.82 Å². The van der Waals surface area contributed by atoms with Crippen LogP contribution in [0.25, 0.3) is 0 Å². The van der Waals surface area contributed by atoms with Crippen LogP contribution in [0.2, 0.25) is 10.0 Å². The number of nitrogens with zero attached hydrogens (tertiary/aromatic N) is 2. The van der Waals surface area contributed by atoms with Gasteiger partial charge in [-0.3, -0.25) is 4.79 Å². The molecule has 2 aromatic rings. The van der Waals surface area contributed by atoms with Gasteiger partial charge in [0, 0.05) is 25.8 Å². The molecule has 24 heavy (non-hydrogen) atoms. The largest absolute Gasteiger partial charge is 0.357 e. The Morgan fingerprint density at radius 2 is 1.88 bits per heavy atom. The summed E-state index contributed by atoms with van der Waals surface area (Å²) in [5.41, 5.74) is 1.89. The second kappa shape index (κ2) is 7.86. The van der Waals surface area contributed by atoms with Crippen molar-refractivity contribution in [3.63, 3.8) is 0 Å². The number of aromatic nitrogens is 1. The lowest BCUT2D eigenvalue weighted by Gasteiger charge is -2.17. The van der Waals surface area contributed by atoms with Gasteiger partial charge in [-0.25, -0.2) is 4.98 Å². The number of hydrogen-bond acceptors (Lipinski definition) is 3. The molecule has 1 aliphatic rings. The van der Waals surface area contributed by atoms with E-state index in [1.54, 1.807) is 18.3 Å². The molecule has 0 radical (unpaired) electrons. The summed E-state index contributed by atoms with van der Waals surface area (Å²) < 4.78 is 0. The van der Waals surface area contributed by atoms with Crippen molar-refractivity contribution in [3.8, 4) is 0 Å². The molecule has 3 rings (SSSR count). The minimum atomic E-state index is -0.0482. The molecule has 1 aromatic heterocycles. The monoisotopic (exact) mass is 363 g/mol. The average Bonchev–Trinajstić information content (AvgIpc) is 3.11. The minimum Gasteiger partial charge on any atom is -0.357 e. The number of pyridine rings is 1. The zero-order valence-electron chi connectivity index (χ0n) is 13.3. The van der Waals surface area contributed by atoms with Gasteiger partial charge < -0.3 is 10.2 Å². The molecular formula is C18H19Cl2N3O. The van der Waals surface area contributed by atoms with Crippen molar-refractivity contribution in [1.29, 1.82) is 0 Å². The Kier molecular flexibility index (Phi) is 5.59. The first-order valence-corrected chi connectivity index (χ1v) is 8.78. The van der Waals surface area contributed by atoms with Crippen molar-refractivity contribution in [2.75, 3.05) is 18.0 Å². The Hall–Kier alpha value is -1.78. The molecule has 1 N–H and O–H groups in total. The smallest absolute Gasteiger partial charge is 0.224 e. The normalized spacial score (nSPS) is 14.0. The van der Waals surface area contributed by atoms with Crippen LogP contribution < -0.4 is 10.2 Å². The lowest BCUT2D eigenvalue weighted by atomic mass is 10.1. The molecule has 126 valence electrons. The van der Waals surface area contributed by atoms with E-state index >= 15 is 0 Å². The number of amides is 1. The number of halogens is 2. The number of carbonyl (C=O) groups is 1. The Morgan fingerprint density at radius 3 is 2.62 bits per heavy atom. The topological polar surface area (TPSA) is 45.2 Å². The van der Waals surface area contributed by atoms with Gasteiger partial charge in [-0.15, -0.1) is 0 Å². The van der Waals surface area contributed by atoms with Crippen molar-refractivity contribution in [1.82, 2.24) is 10.3 Å². The van der Waals surface area contributed by atoms with Crippen molar-refractivity contribution in [3.05, 3.63) is 57.7 Å². The standard InChI is InChI=1S/C18H19Cl2N3O/c19-15-4-3-13(9-16(15)20)11-18(24)22-12-14-5-6-21-17(10-14)23-7-1-2-8-23/h3-6,9-10H,1-2,7-8,11-12H2,(H,22,24). The number of anilines is 1. The SMILES string of the molecule is O=C(Cc1ccc(Cl)c(Cl)c1)NCc1ccnc(N2CCCC2)c1. The fraction of sp³-hybridized carbons (Fsp3) is 0.333. The maximum atomic E-state index is 12.1. The second-order valence-electron chi connectivity index (χ2n) is 5.92. The molecule has 0 bridgehead atoms. The number of nitrogens with one attached hydrogen (secondary N) is 1. The summed E-state index contributed by atoms with van der Waals surface area (Å²) in [6.07, 6.45) is 4.51. The fourth-order valence-electron chi connectivity index (χ4n) is 2.79. The molecule has 1 amide bonds. The van der Waals surface area contributed by atoms with Gasteiger partial charge in [0.25, 0.3) is 0 Å². The van der Waals surface area contributed by atoms with Crippen molar-refractivity contribution >= 4 is 34.9 Å². The van der Waals surface area contributed by atoms with E-state index in [1.165, 1.54) is 12.8 Å². The fourth-order valence-corrected chi connectivity index (χ4v) is 3.11. The highest BCUT2D eigenvalue weighted by molar-refractivity contribution is 6.42. The summed E-state index contributed by atoms with van der Waals surface area (Å²) in [4.78, 5) is 18.8. The number of rotatable bonds is 5. The average molecular weight is 364 g/mol. The van der Waals surface area contributed by atoms with Gasteiger partial charge in [0.05, 0.1) is 16.5 Å². The van der Waals surface area contributed by atoms with E-state index in [-0.39, 0.29) is 12.3 Å². The molecule has 0 spiro atoms.